The quantitative estimate of drug-likeness (QED) is 0.592. The lowest BCUT2D eigenvalue weighted by atomic mass is 10.1. The van der Waals surface area contributed by atoms with Crippen LogP contribution in [0.15, 0.2) is 29.2 Å². The molecule has 0 unspecified atom stereocenters. The minimum atomic E-state index is -3.68. The molecule has 4 nitrogen and oxygen atoms in total. The second-order valence-corrected chi connectivity index (χ2v) is 7.20. The molecule has 0 spiro atoms. The predicted molar refractivity (Wildman–Crippen MR) is 80.3 cm³/mol. The smallest absolute Gasteiger partial charge is 0.261 e. The topological polar surface area (TPSA) is 63.2 Å². The zero-order valence-corrected chi connectivity index (χ0v) is 13.1. The van der Waals surface area contributed by atoms with Gasteiger partial charge in [-0.15, -0.1) is 0 Å². The Morgan fingerprint density at radius 1 is 1.20 bits per heavy atom. The number of rotatable bonds is 8. The highest BCUT2D eigenvalue weighted by Gasteiger charge is 2.09. The minimum absolute atomic E-state index is 0.0233. The Balaban J connectivity index is 2.37. The molecule has 1 amide bonds. The van der Waals surface area contributed by atoms with Gasteiger partial charge in [-0.3, -0.25) is 4.79 Å². The Kier molecular flexibility index (Phi) is 7.02. The maximum Gasteiger partial charge on any atom is 0.261 e. The number of carbonyl (C=O) groups excluding carboxylic acids is 1. The van der Waals surface area contributed by atoms with Gasteiger partial charge in [0, 0.05) is 23.6 Å². The van der Waals surface area contributed by atoms with Crippen LogP contribution in [0.5, 0.6) is 0 Å². The molecule has 1 aromatic carbocycles. The van der Waals surface area contributed by atoms with Gasteiger partial charge >= 0.3 is 0 Å². The highest BCUT2D eigenvalue weighted by atomic mass is 35.7. The molecular formula is C14H20ClNO3S. The lowest BCUT2D eigenvalue weighted by Gasteiger charge is -2.05. The van der Waals surface area contributed by atoms with E-state index in [0.717, 1.165) is 31.4 Å². The van der Waals surface area contributed by atoms with Crippen LogP contribution in [0, 0.1) is 0 Å². The lowest BCUT2D eigenvalue weighted by molar-refractivity contribution is -0.121. The normalized spacial score (nSPS) is 11.3. The van der Waals surface area contributed by atoms with Crippen LogP contribution in [-0.2, 0) is 20.3 Å². The van der Waals surface area contributed by atoms with E-state index >= 15 is 0 Å². The standard InChI is InChI=1S/C14H20ClNO3S/c1-2-3-4-11-16-14(17)10-7-12-5-8-13(9-6-12)20(15,18)19/h5-6,8-9H,2-4,7,10-11H2,1H3,(H,16,17). The van der Waals surface area contributed by atoms with E-state index in [4.69, 9.17) is 10.7 Å². The molecule has 6 heteroatoms. The second-order valence-electron chi connectivity index (χ2n) is 4.64. The van der Waals surface area contributed by atoms with Gasteiger partial charge in [-0.25, -0.2) is 8.42 Å². The summed E-state index contributed by atoms with van der Waals surface area (Å²) in [5, 5.41) is 2.87. The van der Waals surface area contributed by atoms with Crippen molar-refractivity contribution >= 4 is 25.6 Å². The highest BCUT2D eigenvalue weighted by molar-refractivity contribution is 8.13. The molecular weight excluding hydrogens is 298 g/mol. The molecule has 112 valence electrons. The monoisotopic (exact) mass is 317 g/mol. The van der Waals surface area contributed by atoms with Gasteiger partial charge in [0.2, 0.25) is 5.91 Å². The van der Waals surface area contributed by atoms with E-state index in [1.54, 1.807) is 12.1 Å². The predicted octanol–water partition coefficient (Wildman–Crippen LogP) is 2.85. The summed E-state index contributed by atoms with van der Waals surface area (Å²) >= 11 is 0. The van der Waals surface area contributed by atoms with E-state index in [1.807, 2.05) is 0 Å². The third-order valence-electron chi connectivity index (χ3n) is 2.95. The van der Waals surface area contributed by atoms with Gasteiger partial charge in [-0.05, 0) is 30.5 Å². The van der Waals surface area contributed by atoms with Crippen molar-refractivity contribution in [2.75, 3.05) is 6.54 Å². The van der Waals surface area contributed by atoms with E-state index in [9.17, 15) is 13.2 Å². The summed E-state index contributed by atoms with van der Waals surface area (Å²) in [6, 6.07) is 6.27. The number of unbranched alkanes of at least 4 members (excludes halogenated alkanes) is 2. The fourth-order valence-electron chi connectivity index (χ4n) is 1.77. The van der Waals surface area contributed by atoms with E-state index in [2.05, 4.69) is 12.2 Å². The van der Waals surface area contributed by atoms with Gasteiger partial charge in [-0.2, -0.15) is 0 Å². The maximum atomic E-state index is 11.6. The first-order valence-corrected chi connectivity index (χ1v) is 9.04. The highest BCUT2D eigenvalue weighted by Crippen LogP contribution is 2.15. The fourth-order valence-corrected chi connectivity index (χ4v) is 2.54. The number of nitrogens with one attached hydrogen (secondary N) is 1. The summed E-state index contributed by atoms with van der Waals surface area (Å²) in [6.07, 6.45) is 4.24. The van der Waals surface area contributed by atoms with E-state index in [1.165, 1.54) is 12.1 Å². The third kappa shape index (κ3) is 6.39. The molecule has 0 saturated heterocycles. The number of carbonyl (C=O) groups is 1. The summed E-state index contributed by atoms with van der Waals surface area (Å²) in [7, 11) is 1.55. The van der Waals surface area contributed by atoms with Crippen LogP contribution in [-0.4, -0.2) is 20.9 Å². The Morgan fingerprint density at radius 3 is 2.40 bits per heavy atom. The Morgan fingerprint density at radius 2 is 1.85 bits per heavy atom. The average Bonchev–Trinajstić information content (AvgIpc) is 2.41. The average molecular weight is 318 g/mol. The van der Waals surface area contributed by atoms with Crippen molar-refractivity contribution in [1.29, 1.82) is 0 Å². The second kappa shape index (κ2) is 8.27. The molecule has 0 aromatic heterocycles. The number of hydrogen-bond donors (Lipinski definition) is 1. The Labute approximate surface area is 124 Å². The van der Waals surface area contributed by atoms with Gasteiger partial charge in [0.25, 0.3) is 9.05 Å². The van der Waals surface area contributed by atoms with Crippen LogP contribution >= 0.6 is 10.7 Å². The third-order valence-corrected chi connectivity index (χ3v) is 4.32. The first kappa shape index (κ1) is 17.0. The van der Waals surface area contributed by atoms with Crippen LogP contribution in [0.25, 0.3) is 0 Å². The number of aryl methyl sites for hydroxylation is 1. The van der Waals surface area contributed by atoms with Gasteiger partial charge in [0.15, 0.2) is 0 Å². The molecule has 0 aliphatic heterocycles. The molecule has 0 fully saturated rings. The SMILES string of the molecule is CCCCCNC(=O)CCc1ccc(S(=O)(=O)Cl)cc1. The molecule has 20 heavy (non-hydrogen) atoms. The van der Waals surface area contributed by atoms with E-state index < -0.39 is 9.05 Å². The summed E-state index contributed by atoms with van der Waals surface area (Å²) in [4.78, 5) is 11.7. The van der Waals surface area contributed by atoms with Crippen molar-refractivity contribution in [1.82, 2.24) is 5.32 Å². The van der Waals surface area contributed by atoms with Crippen molar-refractivity contribution in [3.8, 4) is 0 Å². The first-order chi connectivity index (χ1) is 9.43. The molecule has 1 aromatic rings. The molecule has 1 N–H and O–H groups in total. The van der Waals surface area contributed by atoms with Crippen LogP contribution in [0.3, 0.4) is 0 Å². The summed E-state index contributed by atoms with van der Waals surface area (Å²) < 4.78 is 22.2. The van der Waals surface area contributed by atoms with Gasteiger partial charge < -0.3 is 5.32 Å². The van der Waals surface area contributed by atoms with Crippen LogP contribution in [0.4, 0.5) is 0 Å². The zero-order chi connectivity index (χ0) is 15.0. The molecule has 1 rings (SSSR count). The Bertz CT molecular complexity index is 526. The summed E-state index contributed by atoms with van der Waals surface area (Å²) in [5.74, 6) is 0.0233. The molecule has 0 atom stereocenters. The maximum absolute atomic E-state index is 11.6. The lowest BCUT2D eigenvalue weighted by Crippen LogP contribution is -2.24. The van der Waals surface area contributed by atoms with Crippen molar-refractivity contribution in [3.63, 3.8) is 0 Å². The molecule has 0 bridgehead atoms. The van der Waals surface area contributed by atoms with E-state index in [0.29, 0.717) is 12.8 Å². The molecule has 0 heterocycles. The summed E-state index contributed by atoms with van der Waals surface area (Å²) in [5.41, 5.74) is 0.915. The van der Waals surface area contributed by atoms with E-state index in [-0.39, 0.29) is 10.8 Å². The molecule has 0 aliphatic carbocycles. The number of benzene rings is 1. The van der Waals surface area contributed by atoms with Gasteiger partial charge in [0.1, 0.15) is 0 Å². The van der Waals surface area contributed by atoms with Crippen molar-refractivity contribution in [2.45, 2.75) is 43.9 Å². The zero-order valence-electron chi connectivity index (χ0n) is 11.6. The van der Waals surface area contributed by atoms with Crippen LogP contribution in [0.1, 0.15) is 38.2 Å². The fraction of sp³-hybridized carbons (Fsp3) is 0.500. The largest absolute Gasteiger partial charge is 0.356 e. The number of hydrogen-bond acceptors (Lipinski definition) is 3. The molecule has 0 saturated carbocycles. The summed E-state index contributed by atoms with van der Waals surface area (Å²) in [6.45, 7) is 2.84. The van der Waals surface area contributed by atoms with Gasteiger partial charge in [-0.1, -0.05) is 31.9 Å². The molecule has 0 radical (unpaired) electrons. The van der Waals surface area contributed by atoms with Crippen LogP contribution in [0.2, 0.25) is 0 Å². The molecule has 0 aliphatic rings. The van der Waals surface area contributed by atoms with Crippen LogP contribution < -0.4 is 5.32 Å². The van der Waals surface area contributed by atoms with Crippen molar-refractivity contribution < 1.29 is 13.2 Å². The number of amides is 1. The number of halogens is 1. The Hall–Kier alpha value is -1.07. The first-order valence-electron chi connectivity index (χ1n) is 6.74. The minimum Gasteiger partial charge on any atom is -0.356 e. The van der Waals surface area contributed by atoms with Crippen molar-refractivity contribution in [2.24, 2.45) is 0 Å². The van der Waals surface area contributed by atoms with Crippen molar-refractivity contribution in [3.05, 3.63) is 29.8 Å². The van der Waals surface area contributed by atoms with Gasteiger partial charge in [0.05, 0.1) is 4.90 Å².